The highest BCUT2D eigenvalue weighted by atomic mass is 16.5. The third kappa shape index (κ3) is 4.68. The van der Waals surface area contributed by atoms with Crippen LogP contribution >= 0.6 is 0 Å². The van der Waals surface area contributed by atoms with Crippen LogP contribution in [0.2, 0.25) is 0 Å². The molecule has 0 radical (unpaired) electrons. The van der Waals surface area contributed by atoms with Crippen LogP contribution in [0.4, 0.5) is 0 Å². The summed E-state index contributed by atoms with van der Waals surface area (Å²) in [7, 11) is 0. The standard InChI is InChI=1S/C27H27NO4/c1-3-31-26(30)15-14-21-18(2)8-6-9-19(21)16-20(29)17-32-25-13-7-12-24-27(25)22-10-4-5-11-23(22)28-24/h4-15,20,28-29H,3,16-17H2,1-2H3/b15-14+. The smallest absolute Gasteiger partial charge is 0.330 e. The highest BCUT2D eigenvalue weighted by Crippen LogP contribution is 2.33. The Balaban J connectivity index is 1.50. The first-order valence-electron chi connectivity index (χ1n) is 10.8. The van der Waals surface area contributed by atoms with Gasteiger partial charge in [-0.05, 0) is 54.8 Å². The maximum absolute atomic E-state index is 11.7. The van der Waals surface area contributed by atoms with Gasteiger partial charge in [0.05, 0.1) is 18.2 Å². The van der Waals surface area contributed by atoms with Gasteiger partial charge in [0.1, 0.15) is 12.4 Å². The molecule has 1 unspecified atom stereocenters. The van der Waals surface area contributed by atoms with Gasteiger partial charge < -0.3 is 19.6 Å². The van der Waals surface area contributed by atoms with Gasteiger partial charge in [-0.1, -0.05) is 42.5 Å². The Bertz CT molecular complexity index is 1270. The third-order valence-electron chi connectivity index (χ3n) is 5.47. The number of esters is 1. The first-order chi connectivity index (χ1) is 15.6. The van der Waals surface area contributed by atoms with E-state index in [1.54, 1.807) is 13.0 Å². The number of aromatic amines is 1. The van der Waals surface area contributed by atoms with E-state index in [1.165, 1.54) is 6.08 Å². The van der Waals surface area contributed by atoms with Crippen LogP contribution in [-0.2, 0) is 16.0 Å². The summed E-state index contributed by atoms with van der Waals surface area (Å²) >= 11 is 0. The third-order valence-corrected chi connectivity index (χ3v) is 5.47. The average molecular weight is 430 g/mol. The molecule has 0 spiro atoms. The molecule has 0 aliphatic heterocycles. The Kier molecular flexibility index (Phi) is 6.57. The van der Waals surface area contributed by atoms with Gasteiger partial charge in [0, 0.05) is 28.8 Å². The van der Waals surface area contributed by atoms with Gasteiger partial charge in [0.25, 0.3) is 0 Å². The van der Waals surface area contributed by atoms with E-state index in [1.807, 2.05) is 61.5 Å². The van der Waals surface area contributed by atoms with E-state index in [2.05, 4.69) is 11.1 Å². The maximum Gasteiger partial charge on any atom is 0.330 e. The molecule has 5 heteroatoms. The molecule has 0 amide bonds. The molecule has 0 fully saturated rings. The molecule has 164 valence electrons. The van der Waals surface area contributed by atoms with Crippen LogP contribution in [-0.4, -0.2) is 35.4 Å². The summed E-state index contributed by atoms with van der Waals surface area (Å²) in [5, 5.41) is 12.8. The van der Waals surface area contributed by atoms with Crippen molar-refractivity contribution in [2.24, 2.45) is 0 Å². The molecule has 32 heavy (non-hydrogen) atoms. The first-order valence-corrected chi connectivity index (χ1v) is 10.8. The number of aryl methyl sites for hydroxylation is 1. The lowest BCUT2D eigenvalue weighted by Gasteiger charge is -2.16. The number of carbonyl (C=O) groups is 1. The Hall–Kier alpha value is -3.57. The van der Waals surface area contributed by atoms with Gasteiger partial charge in [0.15, 0.2) is 0 Å². The number of rotatable bonds is 8. The number of fused-ring (bicyclic) bond motifs is 3. The molecule has 0 saturated carbocycles. The summed E-state index contributed by atoms with van der Waals surface area (Å²) in [4.78, 5) is 15.1. The molecule has 0 aliphatic rings. The van der Waals surface area contributed by atoms with Crippen LogP contribution < -0.4 is 4.74 Å². The van der Waals surface area contributed by atoms with Crippen LogP contribution in [0.5, 0.6) is 5.75 Å². The number of aliphatic hydroxyl groups is 1. The second-order valence-electron chi connectivity index (χ2n) is 7.75. The molecule has 5 nitrogen and oxygen atoms in total. The minimum absolute atomic E-state index is 0.160. The first kappa shape index (κ1) is 21.7. The van der Waals surface area contributed by atoms with Gasteiger partial charge >= 0.3 is 5.97 Å². The van der Waals surface area contributed by atoms with Crippen LogP contribution in [0, 0.1) is 6.92 Å². The number of hydrogen-bond donors (Lipinski definition) is 2. The number of ether oxygens (including phenoxy) is 2. The summed E-state index contributed by atoms with van der Waals surface area (Å²) in [5.41, 5.74) is 4.95. The highest BCUT2D eigenvalue weighted by molar-refractivity contribution is 6.10. The zero-order valence-electron chi connectivity index (χ0n) is 18.3. The molecule has 1 aromatic heterocycles. The lowest BCUT2D eigenvalue weighted by molar-refractivity contribution is -0.137. The van der Waals surface area contributed by atoms with E-state index in [4.69, 9.17) is 9.47 Å². The van der Waals surface area contributed by atoms with Crippen LogP contribution in [0.3, 0.4) is 0 Å². The minimum atomic E-state index is -0.702. The van der Waals surface area contributed by atoms with Gasteiger partial charge in [-0.2, -0.15) is 0 Å². The van der Waals surface area contributed by atoms with Crippen LogP contribution in [0.15, 0.2) is 66.7 Å². The summed E-state index contributed by atoms with van der Waals surface area (Å²) in [6.45, 7) is 4.25. The quantitative estimate of drug-likeness (QED) is 0.299. The topological polar surface area (TPSA) is 71.6 Å². The fourth-order valence-corrected chi connectivity index (χ4v) is 3.99. The van der Waals surface area contributed by atoms with Crippen molar-refractivity contribution in [3.63, 3.8) is 0 Å². The number of para-hydroxylation sites is 1. The van der Waals surface area contributed by atoms with E-state index in [9.17, 15) is 9.90 Å². The van der Waals surface area contributed by atoms with Crippen molar-refractivity contribution in [3.05, 3.63) is 83.4 Å². The predicted molar refractivity (Wildman–Crippen MR) is 128 cm³/mol. The van der Waals surface area contributed by atoms with Crippen molar-refractivity contribution in [1.29, 1.82) is 0 Å². The number of H-pyrrole nitrogens is 1. The van der Waals surface area contributed by atoms with Crippen molar-refractivity contribution in [2.75, 3.05) is 13.2 Å². The zero-order valence-corrected chi connectivity index (χ0v) is 18.3. The molecule has 0 bridgehead atoms. The molecule has 3 aromatic carbocycles. The van der Waals surface area contributed by atoms with Gasteiger partial charge in [-0.25, -0.2) is 4.79 Å². The number of carbonyl (C=O) groups excluding carboxylic acids is 1. The number of benzene rings is 3. The molecule has 1 atom stereocenters. The fraction of sp³-hybridized carbons (Fsp3) is 0.222. The normalized spacial score (nSPS) is 12.5. The second kappa shape index (κ2) is 9.71. The van der Waals surface area contributed by atoms with E-state index >= 15 is 0 Å². The number of aliphatic hydroxyl groups excluding tert-OH is 1. The second-order valence-corrected chi connectivity index (χ2v) is 7.75. The van der Waals surface area contributed by atoms with E-state index in [-0.39, 0.29) is 12.6 Å². The lowest BCUT2D eigenvalue weighted by atomic mass is 9.97. The Labute approximate surface area is 187 Å². The molecule has 2 N–H and O–H groups in total. The Morgan fingerprint density at radius 3 is 2.69 bits per heavy atom. The zero-order chi connectivity index (χ0) is 22.5. The molecule has 0 saturated heterocycles. The Morgan fingerprint density at radius 1 is 1.06 bits per heavy atom. The van der Waals surface area contributed by atoms with Crippen LogP contribution in [0.25, 0.3) is 27.9 Å². The summed E-state index contributed by atoms with van der Waals surface area (Å²) in [6.07, 6.45) is 2.89. The number of hydrogen-bond acceptors (Lipinski definition) is 4. The SMILES string of the molecule is CCOC(=O)/C=C/c1c(C)cccc1CC(O)COc1cccc2[nH]c3ccccc3c12. The van der Waals surface area contributed by atoms with Crippen molar-refractivity contribution in [2.45, 2.75) is 26.4 Å². The van der Waals surface area contributed by atoms with E-state index < -0.39 is 6.10 Å². The summed E-state index contributed by atoms with van der Waals surface area (Å²) in [6, 6.07) is 19.9. The van der Waals surface area contributed by atoms with Gasteiger partial charge in [-0.3, -0.25) is 0 Å². The molecular formula is C27H27NO4. The largest absolute Gasteiger partial charge is 0.490 e. The monoisotopic (exact) mass is 429 g/mol. The fourth-order valence-electron chi connectivity index (χ4n) is 3.99. The summed E-state index contributed by atoms with van der Waals surface area (Å²) in [5.74, 6) is 0.364. The van der Waals surface area contributed by atoms with Gasteiger partial charge in [0.2, 0.25) is 0 Å². The van der Waals surface area contributed by atoms with Crippen molar-refractivity contribution >= 4 is 33.9 Å². The van der Waals surface area contributed by atoms with E-state index in [0.717, 1.165) is 44.2 Å². The Morgan fingerprint density at radius 2 is 1.84 bits per heavy atom. The maximum atomic E-state index is 11.7. The predicted octanol–water partition coefficient (Wildman–Crippen LogP) is 5.19. The number of aromatic nitrogens is 1. The summed E-state index contributed by atoms with van der Waals surface area (Å²) < 4.78 is 11.0. The van der Waals surface area contributed by atoms with Gasteiger partial charge in [-0.15, -0.1) is 0 Å². The average Bonchev–Trinajstić information content (AvgIpc) is 3.17. The lowest BCUT2D eigenvalue weighted by Crippen LogP contribution is -2.20. The molecular weight excluding hydrogens is 402 g/mol. The van der Waals surface area contributed by atoms with Crippen molar-refractivity contribution in [3.8, 4) is 5.75 Å². The van der Waals surface area contributed by atoms with Crippen molar-refractivity contribution in [1.82, 2.24) is 4.98 Å². The van der Waals surface area contributed by atoms with E-state index in [0.29, 0.717) is 13.0 Å². The minimum Gasteiger partial charge on any atom is -0.490 e. The highest BCUT2D eigenvalue weighted by Gasteiger charge is 2.14. The molecule has 1 heterocycles. The molecule has 0 aliphatic carbocycles. The number of nitrogens with one attached hydrogen (secondary N) is 1. The molecule has 4 aromatic rings. The molecule has 4 rings (SSSR count). The van der Waals surface area contributed by atoms with Crippen LogP contribution in [0.1, 0.15) is 23.6 Å². The van der Waals surface area contributed by atoms with Crippen molar-refractivity contribution < 1.29 is 19.4 Å².